The second-order valence-electron chi connectivity index (χ2n) is 6.43. The van der Waals surface area contributed by atoms with Crippen molar-refractivity contribution in [2.24, 2.45) is 16.4 Å². The summed E-state index contributed by atoms with van der Waals surface area (Å²) in [7, 11) is 0. The molecule has 3 rings (SSSR count). The van der Waals surface area contributed by atoms with Crippen LogP contribution in [0.25, 0.3) is 0 Å². The summed E-state index contributed by atoms with van der Waals surface area (Å²) in [6, 6.07) is 10.5. The Morgan fingerprint density at radius 1 is 1.35 bits per heavy atom. The van der Waals surface area contributed by atoms with Gasteiger partial charge in [0.05, 0.1) is 17.7 Å². The van der Waals surface area contributed by atoms with Crippen molar-refractivity contribution in [3.05, 3.63) is 30.3 Å². The maximum Gasteiger partial charge on any atom is 0.144 e. The van der Waals surface area contributed by atoms with E-state index in [0.717, 1.165) is 17.9 Å². The van der Waals surface area contributed by atoms with Crippen LogP contribution in [0.15, 0.2) is 40.3 Å². The fourth-order valence-electron chi connectivity index (χ4n) is 3.16. The molecule has 2 aliphatic rings. The highest BCUT2D eigenvalue weighted by atomic mass is 32.2. The molecule has 20 heavy (non-hydrogen) atoms. The molecule has 4 heteroatoms. The Hall–Kier alpha value is -1.29. The zero-order valence-electron chi connectivity index (χ0n) is 11.9. The SMILES string of the molecule is CC1(C)CC(=O)[C@H]2C(CSc3ccccc3)=NN[C@H]2C1. The number of ketones is 1. The summed E-state index contributed by atoms with van der Waals surface area (Å²) >= 11 is 1.75. The van der Waals surface area contributed by atoms with Gasteiger partial charge in [0.15, 0.2) is 0 Å². The molecule has 1 aromatic carbocycles. The number of carbonyl (C=O) groups excluding carboxylic acids is 1. The molecule has 0 unspecified atom stereocenters. The first-order chi connectivity index (χ1) is 9.55. The largest absolute Gasteiger partial charge is 0.306 e. The van der Waals surface area contributed by atoms with Crippen LogP contribution in [-0.4, -0.2) is 23.3 Å². The summed E-state index contributed by atoms with van der Waals surface area (Å²) < 4.78 is 0. The zero-order valence-corrected chi connectivity index (χ0v) is 12.7. The molecule has 1 N–H and O–H groups in total. The normalized spacial score (nSPS) is 27.7. The number of hydrazone groups is 1. The lowest BCUT2D eigenvalue weighted by molar-refractivity contribution is -0.126. The van der Waals surface area contributed by atoms with Gasteiger partial charge in [0.2, 0.25) is 0 Å². The van der Waals surface area contributed by atoms with Crippen molar-refractivity contribution in [2.75, 3.05) is 5.75 Å². The van der Waals surface area contributed by atoms with Crippen LogP contribution in [0.4, 0.5) is 0 Å². The molecule has 0 spiro atoms. The fraction of sp³-hybridized carbons (Fsp3) is 0.500. The highest BCUT2D eigenvalue weighted by molar-refractivity contribution is 8.00. The summed E-state index contributed by atoms with van der Waals surface area (Å²) in [4.78, 5) is 13.6. The van der Waals surface area contributed by atoms with Crippen LogP contribution >= 0.6 is 11.8 Å². The summed E-state index contributed by atoms with van der Waals surface area (Å²) in [6.07, 6.45) is 1.69. The Balaban J connectivity index is 1.66. The second kappa shape index (κ2) is 5.24. The fourth-order valence-corrected chi connectivity index (χ4v) is 4.07. The molecule has 3 nitrogen and oxygen atoms in total. The van der Waals surface area contributed by atoms with Gasteiger partial charge in [0.25, 0.3) is 0 Å². The van der Waals surface area contributed by atoms with Gasteiger partial charge in [0, 0.05) is 17.1 Å². The van der Waals surface area contributed by atoms with E-state index < -0.39 is 0 Å². The van der Waals surface area contributed by atoms with Crippen molar-refractivity contribution < 1.29 is 4.79 Å². The molecule has 0 bridgehead atoms. The topological polar surface area (TPSA) is 41.5 Å². The minimum atomic E-state index is -0.000706. The summed E-state index contributed by atoms with van der Waals surface area (Å²) in [6.45, 7) is 4.33. The molecule has 106 valence electrons. The minimum Gasteiger partial charge on any atom is -0.306 e. The third-order valence-corrected chi connectivity index (χ3v) is 5.08. The molecule has 1 fully saturated rings. The first kappa shape index (κ1) is 13.7. The first-order valence-electron chi connectivity index (χ1n) is 7.08. The molecule has 1 aliphatic heterocycles. The van der Waals surface area contributed by atoms with Crippen LogP contribution in [-0.2, 0) is 4.79 Å². The van der Waals surface area contributed by atoms with Gasteiger partial charge in [-0.3, -0.25) is 4.79 Å². The Bertz CT molecular complexity index is 539. The lowest BCUT2D eigenvalue weighted by Gasteiger charge is -2.36. The maximum absolute atomic E-state index is 12.4. The first-order valence-corrected chi connectivity index (χ1v) is 8.06. The predicted molar refractivity (Wildman–Crippen MR) is 83.0 cm³/mol. The number of fused-ring (bicyclic) bond motifs is 1. The smallest absolute Gasteiger partial charge is 0.144 e. The van der Waals surface area contributed by atoms with Gasteiger partial charge in [0.1, 0.15) is 5.78 Å². The molecule has 1 saturated carbocycles. The highest BCUT2D eigenvalue weighted by Gasteiger charge is 2.45. The molecule has 2 atom stereocenters. The van der Waals surface area contributed by atoms with Crippen molar-refractivity contribution in [1.82, 2.24) is 5.43 Å². The van der Waals surface area contributed by atoms with E-state index >= 15 is 0 Å². The zero-order chi connectivity index (χ0) is 14.2. The van der Waals surface area contributed by atoms with E-state index in [1.165, 1.54) is 4.90 Å². The number of carbonyl (C=O) groups is 1. The monoisotopic (exact) mass is 288 g/mol. The Morgan fingerprint density at radius 3 is 2.85 bits per heavy atom. The van der Waals surface area contributed by atoms with Gasteiger partial charge in [-0.05, 0) is 24.0 Å². The summed E-state index contributed by atoms with van der Waals surface area (Å²) in [5.41, 5.74) is 4.30. The third-order valence-electron chi connectivity index (χ3n) is 4.04. The molecule has 0 saturated heterocycles. The number of thioether (sulfide) groups is 1. The lowest BCUT2D eigenvalue weighted by Crippen LogP contribution is -2.45. The van der Waals surface area contributed by atoms with Gasteiger partial charge in [-0.2, -0.15) is 5.10 Å². The molecule has 1 aromatic rings. The van der Waals surface area contributed by atoms with Crippen LogP contribution in [0.1, 0.15) is 26.7 Å². The van der Waals surface area contributed by atoms with E-state index in [1.54, 1.807) is 11.8 Å². The summed E-state index contributed by atoms with van der Waals surface area (Å²) in [5, 5.41) is 4.44. The quantitative estimate of drug-likeness (QED) is 0.869. The minimum absolute atomic E-state index is 0.000706. The standard InChI is InChI=1S/C16H20N2OS/c1-16(2)8-12-15(14(19)9-16)13(18-17-12)10-20-11-6-4-3-5-7-11/h3-7,12,15,17H,8-10H2,1-2H3/t12-,15+/m0/s1. The lowest BCUT2D eigenvalue weighted by atomic mass is 9.69. The number of hydrogen-bond donors (Lipinski definition) is 1. The van der Waals surface area contributed by atoms with Gasteiger partial charge < -0.3 is 5.43 Å². The Labute approximate surface area is 124 Å². The third kappa shape index (κ3) is 2.75. The molecule has 1 heterocycles. The molecular formula is C16H20N2OS. The molecule has 0 radical (unpaired) electrons. The highest BCUT2D eigenvalue weighted by Crippen LogP contribution is 2.39. The van der Waals surface area contributed by atoms with Crippen molar-refractivity contribution in [3.63, 3.8) is 0 Å². The van der Waals surface area contributed by atoms with Gasteiger partial charge in [-0.1, -0.05) is 32.0 Å². The van der Waals surface area contributed by atoms with E-state index in [2.05, 4.69) is 36.5 Å². The van der Waals surface area contributed by atoms with Gasteiger partial charge in [-0.25, -0.2) is 0 Å². The number of benzene rings is 1. The van der Waals surface area contributed by atoms with Gasteiger partial charge >= 0.3 is 0 Å². The van der Waals surface area contributed by atoms with E-state index in [0.29, 0.717) is 12.2 Å². The van der Waals surface area contributed by atoms with Crippen molar-refractivity contribution in [3.8, 4) is 0 Å². The number of rotatable bonds is 3. The number of nitrogens with one attached hydrogen (secondary N) is 1. The van der Waals surface area contributed by atoms with Crippen LogP contribution in [0.2, 0.25) is 0 Å². The van der Waals surface area contributed by atoms with Gasteiger partial charge in [-0.15, -0.1) is 11.8 Å². The molecule has 0 aromatic heterocycles. The van der Waals surface area contributed by atoms with Crippen LogP contribution in [0.3, 0.4) is 0 Å². The summed E-state index contributed by atoms with van der Waals surface area (Å²) in [5.74, 6) is 1.15. The van der Waals surface area contributed by atoms with Crippen molar-refractivity contribution >= 4 is 23.3 Å². The average molecular weight is 288 g/mol. The van der Waals surface area contributed by atoms with E-state index in [9.17, 15) is 4.79 Å². The number of Topliss-reactive ketones (excluding diaryl/α,β-unsaturated/α-hetero) is 1. The van der Waals surface area contributed by atoms with Crippen LogP contribution in [0.5, 0.6) is 0 Å². The van der Waals surface area contributed by atoms with Crippen molar-refractivity contribution in [1.29, 1.82) is 0 Å². The van der Waals surface area contributed by atoms with E-state index in [4.69, 9.17) is 0 Å². The maximum atomic E-state index is 12.4. The van der Waals surface area contributed by atoms with Crippen LogP contribution < -0.4 is 5.43 Å². The van der Waals surface area contributed by atoms with Crippen LogP contribution in [0, 0.1) is 11.3 Å². The second-order valence-corrected chi connectivity index (χ2v) is 7.48. The number of hydrogen-bond acceptors (Lipinski definition) is 4. The average Bonchev–Trinajstić information content (AvgIpc) is 2.79. The van der Waals surface area contributed by atoms with E-state index in [1.807, 2.05) is 18.2 Å². The predicted octanol–water partition coefficient (Wildman–Crippen LogP) is 3.11. The Morgan fingerprint density at radius 2 is 2.10 bits per heavy atom. The molecule has 1 aliphatic carbocycles. The van der Waals surface area contributed by atoms with Crippen molar-refractivity contribution in [2.45, 2.75) is 37.6 Å². The molecule has 0 amide bonds. The number of nitrogens with zero attached hydrogens (tertiary/aromatic N) is 1. The molecular weight excluding hydrogens is 268 g/mol. The Kier molecular flexibility index (Phi) is 3.59. The van der Waals surface area contributed by atoms with E-state index in [-0.39, 0.29) is 17.4 Å².